The monoisotopic (exact) mass is 340 g/mol. The number of aromatic amines is 1. The number of H-pyrrole nitrogens is 1. The lowest BCUT2D eigenvalue weighted by Crippen LogP contribution is -2.20. The van der Waals surface area contributed by atoms with E-state index >= 15 is 0 Å². The van der Waals surface area contributed by atoms with Gasteiger partial charge in [-0.3, -0.25) is 10.1 Å². The number of anilines is 2. The summed E-state index contributed by atoms with van der Waals surface area (Å²) in [6.07, 6.45) is 6.06. The molecule has 130 valence electrons. The molecule has 8 nitrogen and oxygen atoms in total. The molecule has 1 unspecified atom stereocenters. The van der Waals surface area contributed by atoms with Crippen LogP contribution in [-0.2, 0) is 0 Å². The van der Waals surface area contributed by atoms with E-state index < -0.39 is 6.61 Å². The molecule has 2 aromatic heterocycles. The minimum Gasteiger partial charge on any atom is -0.473 e. The molecule has 1 aliphatic rings. The van der Waals surface area contributed by atoms with Gasteiger partial charge in [-0.1, -0.05) is 0 Å². The van der Waals surface area contributed by atoms with Crippen molar-refractivity contribution in [2.75, 3.05) is 18.4 Å². The van der Waals surface area contributed by atoms with Crippen LogP contribution in [0.1, 0.15) is 19.3 Å². The Kier molecular flexibility index (Phi) is 5.36. The van der Waals surface area contributed by atoms with Crippen molar-refractivity contribution in [2.45, 2.75) is 32.0 Å². The van der Waals surface area contributed by atoms with Gasteiger partial charge in [0.25, 0.3) is 0 Å². The predicted molar refractivity (Wildman–Crippen MR) is 81.7 cm³/mol. The van der Waals surface area contributed by atoms with Crippen LogP contribution in [0, 0.1) is 0 Å². The number of nitrogens with zero attached hydrogens (tertiary/aromatic N) is 3. The summed E-state index contributed by atoms with van der Waals surface area (Å²) in [5, 5.41) is 12.3. The van der Waals surface area contributed by atoms with E-state index in [4.69, 9.17) is 4.74 Å². The first-order chi connectivity index (χ1) is 11.7. The molecule has 0 aromatic carbocycles. The van der Waals surface area contributed by atoms with Crippen molar-refractivity contribution >= 4 is 11.6 Å². The Hall–Kier alpha value is -2.49. The standard InChI is InChI=1S/C14H18F2N6O2/c15-14(16)24-12-6-10(21-22-12)19-11-7-18-8-13(20-11)23-9-2-1-4-17-5-3-9/h6-9,14,17H,1-5H2,(H2,19,20,21,22). The van der Waals surface area contributed by atoms with E-state index in [-0.39, 0.29) is 12.0 Å². The maximum atomic E-state index is 12.1. The smallest absolute Gasteiger partial charge is 0.388 e. The average Bonchev–Trinajstić information content (AvgIpc) is 2.81. The van der Waals surface area contributed by atoms with Gasteiger partial charge in [0.05, 0.1) is 12.4 Å². The SMILES string of the molecule is FC(F)Oc1cc(Nc2cncc(OC3CCCNCC3)n2)[nH]n1. The van der Waals surface area contributed by atoms with Gasteiger partial charge in [-0.15, -0.1) is 5.10 Å². The summed E-state index contributed by atoms with van der Waals surface area (Å²) in [4.78, 5) is 8.38. The first-order valence-corrected chi connectivity index (χ1v) is 7.66. The molecule has 0 radical (unpaired) electrons. The summed E-state index contributed by atoms with van der Waals surface area (Å²) in [5.41, 5.74) is 0. The van der Waals surface area contributed by atoms with Crippen LogP contribution in [0.15, 0.2) is 18.5 Å². The van der Waals surface area contributed by atoms with Crippen molar-refractivity contribution in [3.63, 3.8) is 0 Å². The third-order valence-corrected chi connectivity index (χ3v) is 3.45. The third kappa shape index (κ3) is 4.75. The van der Waals surface area contributed by atoms with Crippen LogP contribution in [0.4, 0.5) is 20.4 Å². The quantitative estimate of drug-likeness (QED) is 0.740. The van der Waals surface area contributed by atoms with Gasteiger partial charge < -0.3 is 20.1 Å². The summed E-state index contributed by atoms with van der Waals surface area (Å²) in [5.74, 6) is 0.969. The van der Waals surface area contributed by atoms with E-state index in [0.717, 1.165) is 32.4 Å². The molecule has 0 spiro atoms. The Morgan fingerprint density at radius 1 is 1.21 bits per heavy atom. The molecule has 10 heteroatoms. The molecule has 2 aromatic rings. The summed E-state index contributed by atoms with van der Waals surface area (Å²) in [6.45, 7) is -1.01. The molecule has 1 aliphatic heterocycles. The maximum Gasteiger partial charge on any atom is 0.388 e. The van der Waals surface area contributed by atoms with Gasteiger partial charge in [0.1, 0.15) is 11.9 Å². The van der Waals surface area contributed by atoms with Crippen molar-refractivity contribution in [2.24, 2.45) is 0 Å². The van der Waals surface area contributed by atoms with Crippen LogP contribution < -0.4 is 20.1 Å². The Morgan fingerprint density at radius 2 is 2.12 bits per heavy atom. The lowest BCUT2D eigenvalue weighted by atomic mass is 10.2. The Balaban J connectivity index is 1.61. The summed E-state index contributed by atoms with van der Waals surface area (Å²) in [7, 11) is 0. The number of halogens is 2. The van der Waals surface area contributed by atoms with Gasteiger partial charge in [0, 0.05) is 6.07 Å². The van der Waals surface area contributed by atoms with Crippen LogP contribution in [0.2, 0.25) is 0 Å². The molecular formula is C14H18F2N6O2. The molecule has 3 heterocycles. The van der Waals surface area contributed by atoms with E-state index in [1.807, 2.05) is 0 Å². The van der Waals surface area contributed by atoms with Gasteiger partial charge >= 0.3 is 6.61 Å². The number of hydrogen-bond donors (Lipinski definition) is 3. The number of ether oxygens (including phenoxy) is 2. The van der Waals surface area contributed by atoms with Crippen molar-refractivity contribution in [3.8, 4) is 11.8 Å². The van der Waals surface area contributed by atoms with E-state index in [2.05, 4.69) is 35.5 Å². The molecule has 3 N–H and O–H groups in total. The number of hydrogen-bond acceptors (Lipinski definition) is 7. The van der Waals surface area contributed by atoms with Gasteiger partial charge in [-0.05, 0) is 32.4 Å². The van der Waals surface area contributed by atoms with Gasteiger partial charge in [-0.2, -0.15) is 13.8 Å². The lowest BCUT2D eigenvalue weighted by molar-refractivity contribution is -0.0528. The molecule has 24 heavy (non-hydrogen) atoms. The van der Waals surface area contributed by atoms with Crippen molar-refractivity contribution in [1.82, 2.24) is 25.5 Å². The lowest BCUT2D eigenvalue weighted by Gasteiger charge is -2.15. The summed E-state index contributed by atoms with van der Waals surface area (Å²) in [6, 6.07) is 1.30. The second-order valence-electron chi connectivity index (χ2n) is 5.29. The van der Waals surface area contributed by atoms with Crippen molar-refractivity contribution in [3.05, 3.63) is 18.5 Å². The highest BCUT2D eigenvalue weighted by Gasteiger charge is 2.15. The zero-order valence-electron chi connectivity index (χ0n) is 12.8. The van der Waals surface area contributed by atoms with Crippen molar-refractivity contribution < 1.29 is 18.3 Å². The highest BCUT2D eigenvalue weighted by Crippen LogP contribution is 2.20. The fourth-order valence-corrected chi connectivity index (χ4v) is 2.40. The molecule has 0 bridgehead atoms. The second kappa shape index (κ2) is 7.86. The van der Waals surface area contributed by atoms with E-state index in [1.54, 1.807) is 6.20 Å². The van der Waals surface area contributed by atoms with Crippen molar-refractivity contribution in [1.29, 1.82) is 0 Å². The minimum absolute atomic E-state index is 0.0998. The molecular weight excluding hydrogens is 322 g/mol. The van der Waals surface area contributed by atoms with Crippen LogP contribution >= 0.6 is 0 Å². The Morgan fingerprint density at radius 3 is 3.00 bits per heavy atom. The predicted octanol–water partition coefficient (Wildman–Crippen LogP) is 2.07. The maximum absolute atomic E-state index is 12.1. The number of rotatable bonds is 6. The van der Waals surface area contributed by atoms with Crippen LogP contribution in [-0.4, -0.2) is 46.0 Å². The van der Waals surface area contributed by atoms with Gasteiger partial charge in [0.2, 0.25) is 11.8 Å². The fourth-order valence-electron chi connectivity index (χ4n) is 2.40. The zero-order chi connectivity index (χ0) is 16.8. The highest BCUT2D eigenvalue weighted by molar-refractivity contribution is 5.51. The topological polar surface area (TPSA) is 97.0 Å². The Bertz CT molecular complexity index is 646. The number of aromatic nitrogens is 4. The second-order valence-corrected chi connectivity index (χ2v) is 5.29. The van der Waals surface area contributed by atoms with Crippen LogP contribution in [0.3, 0.4) is 0 Å². The largest absolute Gasteiger partial charge is 0.473 e. The molecule has 0 aliphatic carbocycles. The molecule has 0 amide bonds. The first-order valence-electron chi connectivity index (χ1n) is 7.66. The molecule has 3 rings (SSSR count). The normalized spacial score (nSPS) is 18.2. The number of nitrogens with one attached hydrogen (secondary N) is 3. The zero-order valence-corrected chi connectivity index (χ0v) is 12.8. The third-order valence-electron chi connectivity index (χ3n) is 3.45. The molecule has 0 saturated carbocycles. The minimum atomic E-state index is -2.92. The average molecular weight is 340 g/mol. The molecule has 1 saturated heterocycles. The first kappa shape index (κ1) is 16.4. The fraction of sp³-hybridized carbons (Fsp3) is 0.500. The van der Waals surface area contributed by atoms with Gasteiger partial charge in [0.15, 0.2) is 5.82 Å². The van der Waals surface area contributed by atoms with E-state index in [1.165, 1.54) is 12.3 Å². The van der Waals surface area contributed by atoms with Crippen LogP contribution in [0.25, 0.3) is 0 Å². The Labute approximate surface area is 137 Å². The summed E-state index contributed by atoms with van der Waals surface area (Å²) < 4.78 is 34.3. The van der Waals surface area contributed by atoms with E-state index in [0.29, 0.717) is 17.5 Å². The molecule has 1 fully saturated rings. The van der Waals surface area contributed by atoms with E-state index in [9.17, 15) is 8.78 Å². The summed E-state index contributed by atoms with van der Waals surface area (Å²) >= 11 is 0. The van der Waals surface area contributed by atoms with Crippen LogP contribution in [0.5, 0.6) is 11.8 Å². The van der Waals surface area contributed by atoms with Gasteiger partial charge in [-0.25, -0.2) is 0 Å². The molecule has 1 atom stereocenters. The number of alkyl halides is 2. The highest BCUT2D eigenvalue weighted by atomic mass is 19.3.